The summed E-state index contributed by atoms with van der Waals surface area (Å²) in [4.78, 5) is 13.1. The number of hydrogen-bond donors (Lipinski definition) is 3. The minimum absolute atomic E-state index is 0.0464. The summed E-state index contributed by atoms with van der Waals surface area (Å²) in [6, 6.07) is 12.5. The number of rotatable bonds is 4. The molecule has 1 heterocycles. The highest BCUT2D eigenvalue weighted by molar-refractivity contribution is 7.80. The van der Waals surface area contributed by atoms with E-state index >= 15 is 0 Å². The van der Waals surface area contributed by atoms with Crippen molar-refractivity contribution in [1.29, 1.82) is 0 Å². The van der Waals surface area contributed by atoms with Gasteiger partial charge in [-0.3, -0.25) is 4.79 Å². The molecule has 0 bridgehead atoms. The maximum Gasteiger partial charge on any atom is 0.437 e. The van der Waals surface area contributed by atoms with Crippen LogP contribution in [-0.2, 0) is 0 Å². The number of nitrogens with one attached hydrogen (secondary N) is 2. The van der Waals surface area contributed by atoms with Crippen molar-refractivity contribution in [2.75, 3.05) is 7.11 Å². The fourth-order valence-corrected chi connectivity index (χ4v) is 3.49. The Morgan fingerprint density at radius 3 is 2.29 bits per heavy atom. The molecule has 0 aromatic heterocycles. The summed E-state index contributed by atoms with van der Waals surface area (Å²) >= 11 is 4.89. The molecule has 0 unspecified atom stereocenters. The third kappa shape index (κ3) is 3.55. The van der Waals surface area contributed by atoms with E-state index in [-0.39, 0.29) is 5.56 Å². The maximum atomic E-state index is 13.9. The zero-order valence-corrected chi connectivity index (χ0v) is 15.5. The van der Waals surface area contributed by atoms with Crippen LogP contribution >= 0.6 is 12.2 Å². The van der Waals surface area contributed by atoms with Crippen molar-refractivity contribution in [2.45, 2.75) is 17.9 Å². The van der Waals surface area contributed by atoms with Crippen LogP contribution in [-0.4, -0.2) is 35.0 Å². The number of thiocarbonyl (C=S) groups is 1. The van der Waals surface area contributed by atoms with E-state index in [1.165, 1.54) is 43.5 Å². The fourth-order valence-electron chi connectivity index (χ4n) is 3.21. The standard InChI is InChI=1S/C19H17F3N2O3S/c1-27-13-9-7-11(8-10-13)15-14(16(25)12-5-3-2-4-6-12)18(26,19(20,21)22)24-17(28)23-15/h2-10,14-15,26H,1H3,(H2,23,24,28)/t14-,15-,18-/m0/s1. The second kappa shape index (κ2) is 7.40. The van der Waals surface area contributed by atoms with Gasteiger partial charge in [-0.1, -0.05) is 42.5 Å². The number of carbonyl (C=O) groups is 1. The minimum atomic E-state index is -5.15. The Bertz CT molecular complexity index is 874. The number of alkyl halides is 3. The van der Waals surface area contributed by atoms with Crippen LogP contribution in [0.3, 0.4) is 0 Å². The summed E-state index contributed by atoms with van der Waals surface area (Å²) in [5, 5.41) is 14.7. The largest absolute Gasteiger partial charge is 0.497 e. The topological polar surface area (TPSA) is 70.6 Å². The Kier molecular flexibility index (Phi) is 5.31. The second-order valence-corrected chi connectivity index (χ2v) is 6.73. The molecule has 9 heteroatoms. The monoisotopic (exact) mass is 410 g/mol. The molecule has 0 radical (unpaired) electrons. The Balaban J connectivity index is 2.13. The summed E-state index contributed by atoms with van der Waals surface area (Å²) < 4.78 is 46.6. The number of ketones is 1. The summed E-state index contributed by atoms with van der Waals surface area (Å²) in [5.41, 5.74) is -3.14. The predicted molar refractivity (Wildman–Crippen MR) is 99.9 cm³/mol. The quantitative estimate of drug-likeness (QED) is 0.532. The van der Waals surface area contributed by atoms with Gasteiger partial charge in [-0.2, -0.15) is 13.2 Å². The average molecular weight is 410 g/mol. The number of halogens is 3. The first kappa shape index (κ1) is 20.1. The normalized spacial score (nSPS) is 24.8. The molecule has 3 rings (SSSR count). The van der Waals surface area contributed by atoms with Crippen molar-refractivity contribution in [2.24, 2.45) is 5.92 Å². The molecule has 0 spiro atoms. The van der Waals surface area contributed by atoms with Crippen LogP contribution in [0.5, 0.6) is 5.75 Å². The number of methoxy groups -OCH3 is 1. The van der Waals surface area contributed by atoms with Gasteiger partial charge in [-0.15, -0.1) is 0 Å². The smallest absolute Gasteiger partial charge is 0.437 e. The molecule has 5 nitrogen and oxygen atoms in total. The van der Waals surface area contributed by atoms with Gasteiger partial charge in [0, 0.05) is 5.56 Å². The molecule has 148 valence electrons. The minimum Gasteiger partial charge on any atom is -0.497 e. The molecule has 0 amide bonds. The Labute approximate surface area is 164 Å². The third-order valence-electron chi connectivity index (χ3n) is 4.62. The van der Waals surface area contributed by atoms with Crippen LogP contribution in [0.25, 0.3) is 0 Å². The van der Waals surface area contributed by atoms with E-state index in [1.807, 2.05) is 5.32 Å². The number of Topliss-reactive ketones (excluding diaryl/α,β-unsaturated/α-hetero) is 1. The first-order valence-corrected chi connectivity index (χ1v) is 8.69. The lowest BCUT2D eigenvalue weighted by atomic mass is 9.77. The molecule has 2 aromatic carbocycles. The van der Waals surface area contributed by atoms with Gasteiger partial charge in [0.1, 0.15) is 11.7 Å². The van der Waals surface area contributed by atoms with E-state index < -0.39 is 34.8 Å². The number of hydrogen-bond acceptors (Lipinski definition) is 4. The van der Waals surface area contributed by atoms with Gasteiger partial charge >= 0.3 is 6.18 Å². The van der Waals surface area contributed by atoms with Crippen molar-refractivity contribution in [1.82, 2.24) is 10.6 Å². The van der Waals surface area contributed by atoms with Gasteiger partial charge in [0.05, 0.1) is 13.2 Å². The van der Waals surface area contributed by atoms with Crippen LogP contribution in [0.1, 0.15) is 22.0 Å². The van der Waals surface area contributed by atoms with Crippen LogP contribution < -0.4 is 15.4 Å². The van der Waals surface area contributed by atoms with Crippen molar-refractivity contribution in [3.05, 3.63) is 65.7 Å². The molecule has 3 atom stereocenters. The summed E-state index contributed by atoms with van der Waals surface area (Å²) in [7, 11) is 1.46. The van der Waals surface area contributed by atoms with Crippen molar-refractivity contribution < 1.29 is 27.8 Å². The highest BCUT2D eigenvalue weighted by Gasteiger charge is 2.65. The van der Waals surface area contributed by atoms with E-state index in [1.54, 1.807) is 18.2 Å². The van der Waals surface area contributed by atoms with Gasteiger partial charge in [-0.05, 0) is 29.9 Å². The van der Waals surface area contributed by atoms with Crippen LogP contribution in [0.4, 0.5) is 13.2 Å². The van der Waals surface area contributed by atoms with Crippen LogP contribution in [0.2, 0.25) is 0 Å². The number of carbonyl (C=O) groups excluding carboxylic acids is 1. The zero-order chi connectivity index (χ0) is 20.5. The highest BCUT2D eigenvalue weighted by Crippen LogP contribution is 2.44. The van der Waals surface area contributed by atoms with Gasteiger partial charge in [-0.25, -0.2) is 0 Å². The third-order valence-corrected chi connectivity index (χ3v) is 4.84. The molecule has 1 aliphatic rings. The Morgan fingerprint density at radius 2 is 1.75 bits per heavy atom. The molecule has 2 aromatic rings. The van der Waals surface area contributed by atoms with Crippen molar-refractivity contribution in [3.63, 3.8) is 0 Å². The van der Waals surface area contributed by atoms with E-state index in [2.05, 4.69) is 5.32 Å². The SMILES string of the molecule is COc1ccc([C@@H]2NC(=S)N[C@@](O)(C(F)(F)F)[C@@H]2C(=O)c2ccccc2)cc1. The highest BCUT2D eigenvalue weighted by atomic mass is 32.1. The van der Waals surface area contributed by atoms with E-state index in [4.69, 9.17) is 17.0 Å². The van der Waals surface area contributed by atoms with Crippen molar-refractivity contribution >= 4 is 23.1 Å². The van der Waals surface area contributed by atoms with Crippen LogP contribution in [0.15, 0.2) is 54.6 Å². The maximum absolute atomic E-state index is 13.9. The summed E-state index contributed by atoms with van der Waals surface area (Å²) in [6.45, 7) is 0. The average Bonchev–Trinajstić information content (AvgIpc) is 2.67. The Morgan fingerprint density at radius 1 is 1.14 bits per heavy atom. The Hall–Kier alpha value is -2.65. The van der Waals surface area contributed by atoms with Gasteiger partial charge < -0.3 is 20.5 Å². The first-order chi connectivity index (χ1) is 13.2. The summed E-state index contributed by atoms with van der Waals surface area (Å²) in [5.74, 6) is -2.30. The molecule has 3 N–H and O–H groups in total. The van der Waals surface area contributed by atoms with E-state index in [0.29, 0.717) is 11.3 Å². The number of ether oxygens (including phenoxy) is 1. The molecular formula is C19H17F3N2O3S. The number of benzene rings is 2. The predicted octanol–water partition coefficient (Wildman–Crippen LogP) is 2.96. The lowest BCUT2D eigenvalue weighted by Gasteiger charge is -2.46. The van der Waals surface area contributed by atoms with Gasteiger partial charge in [0.15, 0.2) is 10.9 Å². The molecule has 28 heavy (non-hydrogen) atoms. The van der Waals surface area contributed by atoms with Gasteiger partial charge in [0.25, 0.3) is 0 Å². The zero-order valence-electron chi connectivity index (χ0n) is 14.7. The molecular weight excluding hydrogens is 393 g/mol. The molecule has 0 aliphatic carbocycles. The van der Waals surface area contributed by atoms with E-state index in [0.717, 1.165) is 0 Å². The second-order valence-electron chi connectivity index (χ2n) is 6.32. The first-order valence-electron chi connectivity index (χ1n) is 8.28. The number of aliphatic hydroxyl groups is 1. The molecule has 1 saturated heterocycles. The lowest BCUT2D eigenvalue weighted by molar-refractivity contribution is -0.285. The van der Waals surface area contributed by atoms with Crippen molar-refractivity contribution in [3.8, 4) is 5.75 Å². The van der Waals surface area contributed by atoms with Gasteiger partial charge in [0.2, 0.25) is 5.72 Å². The van der Waals surface area contributed by atoms with Crippen LogP contribution in [0, 0.1) is 5.92 Å². The molecule has 0 saturated carbocycles. The lowest BCUT2D eigenvalue weighted by Crippen LogP contribution is -2.72. The molecule has 1 aliphatic heterocycles. The molecule has 1 fully saturated rings. The summed E-state index contributed by atoms with van der Waals surface area (Å²) in [6.07, 6.45) is -5.15. The fraction of sp³-hybridized carbons (Fsp3) is 0.263. The van der Waals surface area contributed by atoms with E-state index in [9.17, 15) is 23.1 Å².